The summed E-state index contributed by atoms with van der Waals surface area (Å²) >= 11 is 0. The molecule has 0 aliphatic rings. The maximum atomic E-state index is 12.1. The van der Waals surface area contributed by atoms with Crippen LogP contribution in [0.15, 0.2) is 29.2 Å². The minimum atomic E-state index is -0.829. The first-order valence-corrected chi connectivity index (χ1v) is 6.62. The monoisotopic (exact) mass is 296 g/mol. The van der Waals surface area contributed by atoms with Crippen molar-refractivity contribution in [3.8, 4) is 18.1 Å². The van der Waals surface area contributed by atoms with Gasteiger partial charge in [0.1, 0.15) is 5.52 Å². The Labute approximate surface area is 125 Å². The van der Waals surface area contributed by atoms with E-state index < -0.39 is 6.16 Å². The van der Waals surface area contributed by atoms with Crippen LogP contribution in [0.2, 0.25) is 0 Å². The Morgan fingerprint density at radius 3 is 2.95 bits per heavy atom. The molecular formula is C16H12N2O4. The number of terminal acetylenes is 1. The molecule has 0 radical (unpaired) electrons. The molecular weight excluding hydrogens is 284 g/mol. The SMILES string of the molecule is C#Cc1ccc2[nH]c(=O)c3[nH]cc(OC(=O)OCC)c3c2c1. The zero-order valence-electron chi connectivity index (χ0n) is 11.7. The summed E-state index contributed by atoms with van der Waals surface area (Å²) in [6.45, 7) is 1.87. The topological polar surface area (TPSA) is 84.2 Å². The highest BCUT2D eigenvalue weighted by atomic mass is 16.7. The van der Waals surface area contributed by atoms with Gasteiger partial charge < -0.3 is 19.4 Å². The van der Waals surface area contributed by atoms with Gasteiger partial charge in [0.05, 0.1) is 12.0 Å². The van der Waals surface area contributed by atoms with Gasteiger partial charge in [0, 0.05) is 22.7 Å². The Morgan fingerprint density at radius 1 is 1.41 bits per heavy atom. The molecule has 0 aliphatic heterocycles. The summed E-state index contributed by atoms with van der Waals surface area (Å²) in [6.07, 6.45) is 6.03. The molecule has 22 heavy (non-hydrogen) atoms. The molecule has 0 saturated carbocycles. The summed E-state index contributed by atoms with van der Waals surface area (Å²) in [5.74, 6) is 2.76. The van der Waals surface area contributed by atoms with Gasteiger partial charge in [-0.15, -0.1) is 6.42 Å². The highest BCUT2D eigenvalue weighted by Crippen LogP contribution is 2.30. The van der Waals surface area contributed by atoms with Crippen molar-refractivity contribution in [2.75, 3.05) is 6.61 Å². The first-order chi connectivity index (χ1) is 10.6. The van der Waals surface area contributed by atoms with Gasteiger partial charge >= 0.3 is 6.16 Å². The average Bonchev–Trinajstić information content (AvgIpc) is 2.92. The maximum absolute atomic E-state index is 12.1. The number of hydrogen-bond acceptors (Lipinski definition) is 4. The lowest BCUT2D eigenvalue weighted by Gasteiger charge is -2.05. The molecule has 0 amide bonds. The number of pyridine rings is 1. The number of aromatic nitrogens is 2. The van der Waals surface area contributed by atoms with Crippen molar-refractivity contribution in [3.63, 3.8) is 0 Å². The largest absolute Gasteiger partial charge is 0.513 e. The number of rotatable bonds is 2. The third kappa shape index (κ3) is 2.19. The Bertz CT molecular complexity index is 975. The van der Waals surface area contributed by atoms with E-state index >= 15 is 0 Å². The molecule has 6 heteroatoms. The summed E-state index contributed by atoms with van der Waals surface area (Å²) in [4.78, 5) is 29.1. The smallest absolute Gasteiger partial charge is 0.434 e. The van der Waals surface area contributed by atoms with Crippen LogP contribution in [-0.2, 0) is 4.74 Å². The first-order valence-electron chi connectivity index (χ1n) is 6.62. The molecule has 0 aliphatic carbocycles. The van der Waals surface area contributed by atoms with Crippen molar-refractivity contribution in [3.05, 3.63) is 40.3 Å². The minimum Gasteiger partial charge on any atom is -0.434 e. The average molecular weight is 296 g/mol. The van der Waals surface area contributed by atoms with Crippen molar-refractivity contribution >= 4 is 28.0 Å². The van der Waals surface area contributed by atoms with Crippen molar-refractivity contribution in [2.45, 2.75) is 6.92 Å². The Balaban J connectivity index is 2.28. The predicted octanol–water partition coefficient (Wildman–Crippen LogP) is 2.53. The molecule has 110 valence electrons. The minimum absolute atomic E-state index is 0.198. The molecule has 0 bridgehead atoms. The number of ether oxygens (including phenoxy) is 2. The highest BCUT2D eigenvalue weighted by Gasteiger charge is 2.16. The van der Waals surface area contributed by atoms with E-state index in [4.69, 9.17) is 15.9 Å². The third-order valence-electron chi connectivity index (χ3n) is 3.23. The number of aromatic amines is 2. The van der Waals surface area contributed by atoms with Crippen molar-refractivity contribution < 1.29 is 14.3 Å². The van der Waals surface area contributed by atoms with Crippen LogP contribution in [0.1, 0.15) is 12.5 Å². The third-order valence-corrected chi connectivity index (χ3v) is 3.23. The Hall–Kier alpha value is -3.20. The molecule has 0 unspecified atom stereocenters. The normalized spacial score (nSPS) is 10.5. The molecule has 2 N–H and O–H groups in total. The van der Waals surface area contributed by atoms with Crippen molar-refractivity contribution in [1.82, 2.24) is 9.97 Å². The summed E-state index contributed by atoms with van der Waals surface area (Å²) in [5.41, 5.74) is 1.25. The standard InChI is InChI=1S/C16H12N2O4/c1-3-9-5-6-11-10(7-9)13-12(22-16(20)21-4-2)8-17-14(13)15(19)18-11/h1,5-8,17H,4H2,2H3,(H,18,19). The number of H-pyrrole nitrogens is 2. The number of benzene rings is 1. The van der Waals surface area contributed by atoms with Crippen LogP contribution in [0.25, 0.3) is 21.8 Å². The lowest BCUT2D eigenvalue weighted by molar-refractivity contribution is 0.105. The van der Waals surface area contributed by atoms with Crippen LogP contribution < -0.4 is 10.3 Å². The lowest BCUT2D eigenvalue weighted by atomic mass is 10.1. The molecule has 2 aromatic heterocycles. The number of nitrogens with one attached hydrogen (secondary N) is 2. The summed E-state index contributed by atoms with van der Waals surface area (Å²) in [7, 11) is 0. The van der Waals surface area contributed by atoms with Crippen molar-refractivity contribution in [2.24, 2.45) is 0 Å². The van der Waals surface area contributed by atoms with E-state index in [1.807, 2.05) is 0 Å². The van der Waals surface area contributed by atoms with E-state index in [0.29, 0.717) is 27.4 Å². The molecule has 3 aromatic rings. The van der Waals surface area contributed by atoms with Crippen LogP contribution in [0.5, 0.6) is 5.75 Å². The van der Waals surface area contributed by atoms with Gasteiger partial charge in [-0.1, -0.05) is 5.92 Å². The number of fused-ring (bicyclic) bond motifs is 3. The van der Waals surface area contributed by atoms with Crippen molar-refractivity contribution in [1.29, 1.82) is 0 Å². The predicted molar refractivity (Wildman–Crippen MR) is 82.0 cm³/mol. The molecule has 0 spiro atoms. The molecule has 6 nitrogen and oxygen atoms in total. The van der Waals surface area contributed by atoms with Gasteiger partial charge in [-0.3, -0.25) is 4.79 Å². The second kappa shape index (κ2) is 5.30. The fourth-order valence-corrected chi connectivity index (χ4v) is 2.30. The molecule has 0 fully saturated rings. The van der Waals surface area contributed by atoms with Crippen LogP contribution in [0, 0.1) is 12.3 Å². The number of carbonyl (C=O) groups excluding carboxylic acids is 1. The maximum Gasteiger partial charge on any atom is 0.513 e. The highest BCUT2D eigenvalue weighted by molar-refractivity contribution is 6.08. The molecule has 0 atom stereocenters. The second-order valence-corrected chi connectivity index (χ2v) is 4.55. The molecule has 3 rings (SSSR count). The van der Waals surface area contributed by atoms with Gasteiger partial charge in [-0.05, 0) is 25.1 Å². The summed E-state index contributed by atoms with van der Waals surface area (Å²) in [6, 6.07) is 5.19. The Kier molecular flexibility index (Phi) is 3.31. The van der Waals surface area contributed by atoms with Gasteiger partial charge in [0.25, 0.3) is 5.56 Å². The molecule has 2 heterocycles. The molecule has 0 saturated heterocycles. The fourth-order valence-electron chi connectivity index (χ4n) is 2.30. The second-order valence-electron chi connectivity index (χ2n) is 4.55. The number of hydrogen-bond donors (Lipinski definition) is 2. The summed E-state index contributed by atoms with van der Waals surface area (Å²) in [5, 5.41) is 1.18. The van der Waals surface area contributed by atoms with Crippen LogP contribution in [-0.4, -0.2) is 22.7 Å². The van der Waals surface area contributed by atoms with Gasteiger partial charge in [0.15, 0.2) is 5.75 Å². The van der Waals surface area contributed by atoms with E-state index in [2.05, 4.69) is 15.9 Å². The first kappa shape index (κ1) is 13.8. The van der Waals surface area contributed by atoms with E-state index in [0.717, 1.165) is 0 Å². The van der Waals surface area contributed by atoms with Crippen LogP contribution in [0.3, 0.4) is 0 Å². The fraction of sp³-hybridized carbons (Fsp3) is 0.125. The van der Waals surface area contributed by atoms with Gasteiger partial charge in [-0.2, -0.15) is 0 Å². The quantitative estimate of drug-likeness (QED) is 0.562. The van der Waals surface area contributed by atoms with E-state index in [-0.39, 0.29) is 17.9 Å². The van der Waals surface area contributed by atoms with E-state index in [1.54, 1.807) is 25.1 Å². The molecule has 1 aromatic carbocycles. The van der Waals surface area contributed by atoms with Gasteiger partial charge in [0.2, 0.25) is 0 Å². The number of carbonyl (C=O) groups is 1. The zero-order chi connectivity index (χ0) is 15.7. The van der Waals surface area contributed by atoms with E-state index in [1.165, 1.54) is 6.20 Å². The zero-order valence-corrected chi connectivity index (χ0v) is 11.7. The van der Waals surface area contributed by atoms with Crippen LogP contribution >= 0.6 is 0 Å². The van der Waals surface area contributed by atoms with Crippen LogP contribution in [0.4, 0.5) is 4.79 Å². The lowest BCUT2D eigenvalue weighted by Crippen LogP contribution is -2.10. The summed E-state index contributed by atoms with van der Waals surface area (Å²) < 4.78 is 9.91. The van der Waals surface area contributed by atoms with E-state index in [9.17, 15) is 9.59 Å². The Morgan fingerprint density at radius 2 is 2.23 bits per heavy atom. The van der Waals surface area contributed by atoms with Gasteiger partial charge in [-0.25, -0.2) is 4.79 Å².